The Morgan fingerprint density at radius 1 is 1.24 bits per heavy atom. The van der Waals surface area contributed by atoms with Gasteiger partial charge in [0.25, 0.3) is 0 Å². The molecule has 3 rings (SSSR count). The van der Waals surface area contributed by atoms with E-state index in [0.717, 1.165) is 45.2 Å². The number of hydrogen-bond donors (Lipinski definition) is 1. The third kappa shape index (κ3) is 3.75. The summed E-state index contributed by atoms with van der Waals surface area (Å²) < 4.78 is 5.42. The summed E-state index contributed by atoms with van der Waals surface area (Å²) in [5, 5.41) is 0.410. The summed E-state index contributed by atoms with van der Waals surface area (Å²) in [5.74, 6) is 1.10. The van der Waals surface area contributed by atoms with Crippen molar-refractivity contribution in [3.63, 3.8) is 0 Å². The third-order valence-electron chi connectivity index (χ3n) is 4.19. The van der Waals surface area contributed by atoms with Crippen molar-refractivity contribution in [2.75, 3.05) is 50.0 Å². The zero-order chi connectivity index (χ0) is 14.7. The van der Waals surface area contributed by atoms with Crippen LogP contribution in [-0.2, 0) is 4.74 Å². The van der Waals surface area contributed by atoms with Crippen molar-refractivity contribution < 1.29 is 4.74 Å². The van der Waals surface area contributed by atoms with Gasteiger partial charge in [0, 0.05) is 38.3 Å². The molecular formula is C14H22ClN5O. The van der Waals surface area contributed by atoms with E-state index in [1.54, 1.807) is 0 Å². The van der Waals surface area contributed by atoms with E-state index < -0.39 is 0 Å². The molecule has 116 valence electrons. The van der Waals surface area contributed by atoms with Crippen molar-refractivity contribution in [2.24, 2.45) is 0 Å². The molecule has 3 heterocycles. The molecule has 0 saturated carbocycles. The van der Waals surface area contributed by atoms with E-state index in [0.29, 0.717) is 11.2 Å². The second kappa shape index (κ2) is 6.77. The van der Waals surface area contributed by atoms with E-state index in [9.17, 15) is 0 Å². The van der Waals surface area contributed by atoms with Crippen LogP contribution in [0.15, 0.2) is 6.07 Å². The number of nitrogens with zero attached hydrogens (tertiary/aromatic N) is 4. The Hall–Kier alpha value is -1.11. The zero-order valence-corrected chi connectivity index (χ0v) is 12.9. The molecule has 0 spiro atoms. The van der Waals surface area contributed by atoms with Crippen LogP contribution in [0.5, 0.6) is 0 Å². The van der Waals surface area contributed by atoms with Gasteiger partial charge in [-0.1, -0.05) is 11.6 Å². The van der Waals surface area contributed by atoms with Gasteiger partial charge in [-0.2, -0.15) is 4.98 Å². The fourth-order valence-corrected chi connectivity index (χ4v) is 3.33. The minimum atomic E-state index is 0.244. The molecule has 2 saturated heterocycles. The summed E-state index contributed by atoms with van der Waals surface area (Å²) in [5.41, 5.74) is 5.74. The van der Waals surface area contributed by atoms with Crippen molar-refractivity contribution in [3.05, 3.63) is 11.2 Å². The van der Waals surface area contributed by atoms with Crippen LogP contribution in [0.25, 0.3) is 0 Å². The Labute approximate surface area is 130 Å². The number of rotatable bonds is 3. The summed E-state index contributed by atoms with van der Waals surface area (Å²) in [6.07, 6.45) is 3.62. The van der Waals surface area contributed by atoms with Crippen molar-refractivity contribution in [2.45, 2.75) is 25.3 Å². The average Bonchev–Trinajstić information content (AvgIpc) is 2.48. The zero-order valence-electron chi connectivity index (χ0n) is 12.2. The fraction of sp³-hybridized carbons (Fsp3) is 0.714. The topological polar surface area (TPSA) is 67.5 Å². The van der Waals surface area contributed by atoms with Crippen molar-refractivity contribution >= 4 is 23.4 Å². The molecule has 2 fully saturated rings. The second-order valence-electron chi connectivity index (χ2n) is 5.66. The number of piperidine rings is 1. The van der Waals surface area contributed by atoms with Gasteiger partial charge in [-0.15, -0.1) is 0 Å². The molecule has 0 aromatic carbocycles. The largest absolute Gasteiger partial charge is 0.379 e. The first-order valence-corrected chi connectivity index (χ1v) is 7.97. The van der Waals surface area contributed by atoms with Crippen LogP contribution in [0.2, 0.25) is 5.15 Å². The highest BCUT2D eigenvalue weighted by Gasteiger charge is 2.26. The number of halogens is 1. The lowest BCUT2D eigenvalue weighted by Crippen LogP contribution is -2.49. The highest BCUT2D eigenvalue weighted by atomic mass is 35.5. The summed E-state index contributed by atoms with van der Waals surface area (Å²) in [6, 6.07) is 2.28. The number of ether oxygens (including phenoxy) is 1. The number of anilines is 2. The maximum atomic E-state index is 6.02. The highest BCUT2D eigenvalue weighted by Crippen LogP contribution is 2.26. The molecule has 21 heavy (non-hydrogen) atoms. The molecule has 0 amide bonds. The number of nitrogen functional groups attached to an aromatic ring is 1. The van der Waals surface area contributed by atoms with Crippen LogP contribution in [-0.4, -0.2) is 60.3 Å². The van der Waals surface area contributed by atoms with Crippen LogP contribution < -0.4 is 10.6 Å². The maximum Gasteiger partial charge on any atom is 0.223 e. The van der Waals surface area contributed by atoms with Crippen molar-refractivity contribution in [1.29, 1.82) is 0 Å². The molecule has 0 bridgehead atoms. The molecule has 2 aliphatic heterocycles. The van der Waals surface area contributed by atoms with Gasteiger partial charge in [-0.3, -0.25) is 4.90 Å². The molecule has 1 aromatic rings. The first kappa shape index (κ1) is 14.8. The average molecular weight is 312 g/mol. The molecular weight excluding hydrogens is 290 g/mol. The Balaban J connectivity index is 1.73. The number of morpholine rings is 1. The van der Waals surface area contributed by atoms with E-state index in [-0.39, 0.29) is 5.95 Å². The number of hydrogen-bond acceptors (Lipinski definition) is 6. The molecule has 7 heteroatoms. The van der Waals surface area contributed by atoms with Gasteiger partial charge in [-0.05, 0) is 19.3 Å². The standard InChI is InChI=1S/C14H22ClN5O/c15-12-9-13(18-14(16)17-12)20-4-2-1-3-11(20)10-19-5-7-21-8-6-19/h9,11H,1-8,10H2,(H2,16,17,18). The SMILES string of the molecule is Nc1nc(Cl)cc(N2CCCCC2CN2CCOCC2)n1. The van der Waals surface area contributed by atoms with Crippen LogP contribution in [0, 0.1) is 0 Å². The first-order chi connectivity index (χ1) is 10.2. The van der Waals surface area contributed by atoms with Gasteiger partial charge < -0.3 is 15.4 Å². The summed E-state index contributed by atoms with van der Waals surface area (Å²) in [6.45, 7) is 5.73. The molecule has 6 nitrogen and oxygen atoms in total. The maximum absolute atomic E-state index is 6.02. The lowest BCUT2D eigenvalue weighted by Gasteiger charge is -2.40. The van der Waals surface area contributed by atoms with E-state index >= 15 is 0 Å². The number of aromatic nitrogens is 2. The lowest BCUT2D eigenvalue weighted by molar-refractivity contribution is 0.0338. The summed E-state index contributed by atoms with van der Waals surface area (Å²) in [7, 11) is 0. The second-order valence-corrected chi connectivity index (χ2v) is 6.05. The molecule has 2 aliphatic rings. The Bertz CT molecular complexity index is 460. The van der Waals surface area contributed by atoms with Gasteiger partial charge in [-0.25, -0.2) is 4.98 Å². The van der Waals surface area contributed by atoms with Gasteiger partial charge in [0.05, 0.1) is 13.2 Å². The lowest BCUT2D eigenvalue weighted by atomic mass is 10.0. The number of nitrogens with two attached hydrogens (primary N) is 1. The van der Waals surface area contributed by atoms with E-state index in [2.05, 4.69) is 19.8 Å². The quantitative estimate of drug-likeness (QED) is 0.851. The minimum Gasteiger partial charge on any atom is -0.379 e. The van der Waals surface area contributed by atoms with Crippen LogP contribution in [0.1, 0.15) is 19.3 Å². The Morgan fingerprint density at radius 2 is 2.05 bits per heavy atom. The molecule has 1 atom stereocenters. The van der Waals surface area contributed by atoms with Crippen LogP contribution in [0.4, 0.5) is 11.8 Å². The minimum absolute atomic E-state index is 0.244. The molecule has 1 aromatic heterocycles. The Morgan fingerprint density at radius 3 is 2.81 bits per heavy atom. The van der Waals surface area contributed by atoms with Gasteiger partial charge in [0.2, 0.25) is 5.95 Å². The van der Waals surface area contributed by atoms with Gasteiger partial charge in [0.15, 0.2) is 0 Å². The predicted molar refractivity (Wildman–Crippen MR) is 83.7 cm³/mol. The monoisotopic (exact) mass is 311 g/mol. The van der Waals surface area contributed by atoms with E-state index in [4.69, 9.17) is 22.1 Å². The summed E-state index contributed by atoms with van der Waals surface area (Å²) >= 11 is 6.02. The van der Waals surface area contributed by atoms with Crippen molar-refractivity contribution in [1.82, 2.24) is 14.9 Å². The van der Waals surface area contributed by atoms with Crippen LogP contribution in [0.3, 0.4) is 0 Å². The van der Waals surface area contributed by atoms with Gasteiger partial charge in [0.1, 0.15) is 11.0 Å². The summed E-state index contributed by atoms with van der Waals surface area (Å²) in [4.78, 5) is 13.1. The third-order valence-corrected chi connectivity index (χ3v) is 4.39. The molecule has 0 radical (unpaired) electrons. The fourth-order valence-electron chi connectivity index (χ4n) is 3.14. The van der Waals surface area contributed by atoms with Crippen molar-refractivity contribution in [3.8, 4) is 0 Å². The van der Waals surface area contributed by atoms with Crippen LogP contribution >= 0.6 is 11.6 Å². The van der Waals surface area contributed by atoms with Gasteiger partial charge >= 0.3 is 0 Å². The highest BCUT2D eigenvalue weighted by molar-refractivity contribution is 6.29. The first-order valence-electron chi connectivity index (χ1n) is 7.59. The molecule has 2 N–H and O–H groups in total. The van der Waals surface area contributed by atoms with E-state index in [1.165, 1.54) is 19.3 Å². The molecule has 0 aliphatic carbocycles. The van der Waals surface area contributed by atoms with E-state index in [1.807, 2.05) is 6.07 Å². The predicted octanol–water partition coefficient (Wildman–Crippen LogP) is 1.40. The smallest absolute Gasteiger partial charge is 0.223 e. The normalized spacial score (nSPS) is 24.2. The Kier molecular flexibility index (Phi) is 4.77. The molecule has 1 unspecified atom stereocenters.